The van der Waals surface area contributed by atoms with Gasteiger partial charge in [-0.15, -0.1) is 0 Å². The van der Waals surface area contributed by atoms with E-state index in [0.29, 0.717) is 0 Å². The molecule has 0 spiro atoms. The van der Waals surface area contributed by atoms with Crippen LogP contribution in [0.5, 0.6) is 5.75 Å². The summed E-state index contributed by atoms with van der Waals surface area (Å²) >= 11 is 0. The highest BCUT2D eigenvalue weighted by molar-refractivity contribution is 8.31. The average molecular weight is 285 g/mol. The van der Waals surface area contributed by atoms with Crippen LogP contribution >= 0.6 is 21.4 Å². The van der Waals surface area contributed by atoms with Crippen LogP contribution in [0.4, 0.5) is 0 Å². The van der Waals surface area contributed by atoms with Gasteiger partial charge in [0.15, 0.2) is 0 Å². The van der Waals surface area contributed by atoms with E-state index in [4.69, 9.17) is 13.2 Å². The maximum atomic E-state index is 9.16. The highest BCUT2D eigenvalue weighted by Gasteiger charge is 1.89. The lowest BCUT2D eigenvalue weighted by Gasteiger charge is -2.03. The number of unbranched alkanes of at least 4 members (excludes halogenated alkanes) is 1. The summed E-state index contributed by atoms with van der Waals surface area (Å²) in [5.74, 6) is 0.973. The Balaban J connectivity index is 0.000000385. The Hall–Kier alpha value is -0.450. The highest BCUT2D eigenvalue weighted by atomic mass is 36.0. The number of rotatable bonds is 4. The van der Waals surface area contributed by atoms with Crippen molar-refractivity contribution in [3.05, 3.63) is 30.3 Å². The lowest BCUT2D eigenvalue weighted by molar-refractivity contribution is 0.309. The van der Waals surface area contributed by atoms with Crippen LogP contribution < -0.4 is 4.74 Å². The Morgan fingerprint density at radius 2 is 1.69 bits per heavy atom. The number of ether oxygens (including phenoxy) is 1. The third-order valence-corrected chi connectivity index (χ3v) is 1.51. The largest absolute Gasteiger partial charge is 0.494 e. The summed E-state index contributed by atoms with van der Waals surface area (Å²) in [6.07, 6.45) is 2.32. The van der Waals surface area contributed by atoms with Crippen LogP contribution in [0, 0.1) is 0 Å². The van der Waals surface area contributed by atoms with E-state index in [1.54, 1.807) is 0 Å². The minimum atomic E-state index is -3.72. The predicted molar refractivity (Wildman–Crippen MR) is 67.5 cm³/mol. The summed E-state index contributed by atoms with van der Waals surface area (Å²) in [7, 11) is 4.81. The molecule has 0 aliphatic rings. The molecule has 0 saturated heterocycles. The highest BCUT2D eigenvalue weighted by Crippen LogP contribution is 2.08. The molecule has 0 saturated carbocycles. The minimum Gasteiger partial charge on any atom is -0.494 e. The van der Waals surface area contributed by atoms with Crippen LogP contribution in [-0.2, 0) is 8.26 Å². The zero-order valence-electron chi connectivity index (χ0n) is 8.90. The lowest BCUT2D eigenvalue weighted by atomic mass is 10.3. The lowest BCUT2D eigenvalue weighted by Crippen LogP contribution is -1.95. The fraction of sp³-hybridized carbons (Fsp3) is 0.400. The molecule has 6 heteroatoms. The summed E-state index contributed by atoms with van der Waals surface area (Å²) in [4.78, 5) is 0. The molecule has 0 unspecified atom stereocenters. The number of benzene rings is 1. The monoisotopic (exact) mass is 284 g/mol. The van der Waals surface area contributed by atoms with Gasteiger partial charge in [0.1, 0.15) is 5.75 Å². The van der Waals surface area contributed by atoms with Gasteiger partial charge < -0.3 is 4.74 Å². The molecule has 1 rings (SSSR count). The van der Waals surface area contributed by atoms with E-state index in [1.807, 2.05) is 30.3 Å². The van der Waals surface area contributed by atoms with Crippen LogP contribution in [0.1, 0.15) is 19.8 Å². The van der Waals surface area contributed by atoms with Gasteiger partial charge in [-0.3, -0.25) is 0 Å². The van der Waals surface area contributed by atoms with Gasteiger partial charge in [-0.25, -0.2) is 0 Å². The van der Waals surface area contributed by atoms with E-state index in [2.05, 4.69) is 28.3 Å². The van der Waals surface area contributed by atoms with E-state index in [9.17, 15) is 0 Å². The first-order valence-corrected chi connectivity index (χ1v) is 7.89. The molecular formula is C10H14Cl2O3S. The second-order valence-corrected chi connectivity index (χ2v) is 6.56. The minimum absolute atomic E-state index is 0.834. The topological polar surface area (TPSA) is 43.4 Å². The van der Waals surface area contributed by atoms with Gasteiger partial charge in [0.25, 0.3) is 0 Å². The predicted octanol–water partition coefficient (Wildman–Crippen LogP) is 3.57. The summed E-state index contributed by atoms with van der Waals surface area (Å²) < 4.78 is 23.8. The number of hydrogen-bond donors (Lipinski definition) is 0. The zero-order valence-corrected chi connectivity index (χ0v) is 11.2. The molecule has 0 fully saturated rings. The van der Waals surface area contributed by atoms with Crippen LogP contribution in [0.15, 0.2) is 30.3 Å². The quantitative estimate of drug-likeness (QED) is 0.627. The third-order valence-electron chi connectivity index (χ3n) is 1.51. The van der Waals surface area contributed by atoms with Crippen LogP contribution in [-0.4, -0.2) is 15.0 Å². The standard InChI is InChI=1S/C10H14O.Cl2O2S/c1-2-3-9-11-10-7-5-4-6-8-10;1-5(2,3)4/h4-8H,2-3,9H2,1H3;. The molecule has 1 aromatic carbocycles. The van der Waals surface area contributed by atoms with Crippen LogP contribution in [0.2, 0.25) is 0 Å². The molecule has 0 atom stereocenters. The van der Waals surface area contributed by atoms with Gasteiger partial charge >= 0.3 is 8.26 Å². The molecular weight excluding hydrogens is 271 g/mol. The fourth-order valence-corrected chi connectivity index (χ4v) is 0.851. The molecule has 1 aromatic rings. The number of hydrogen-bond acceptors (Lipinski definition) is 3. The van der Waals surface area contributed by atoms with Crippen molar-refractivity contribution in [3.8, 4) is 5.75 Å². The summed E-state index contributed by atoms with van der Waals surface area (Å²) in [5.41, 5.74) is 0. The molecule has 16 heavy (non-hydrogen) atoms. The van der Waals surface area contributed by atoms with E-state index < -0.39 is 8.26 Å². The maximum absolute atomic E-state index is 9.16. The number of para-hydroxylation sites is 1. The molecule has 3 nitrogen and oxygen atoms in total. The Labute approximate surface area is 105 Å². The molecule has 0 aromatic heterocycles. The molecule has 0 heterocycles. The van der Waals surface area contributed by atoms with Crippen molar-refractivity contribution >= 4 is 29.6 Å². The van der Waals surface area contributed by atoms with Crippen molar-refractivity contribution < 1.29 is 13.2 Å². The number of halogens is 2. The Morgan fingerprint density at radius 3 is 2.12 bits per heavy atom. The molecule has 0 amide bonds. The van der Waals surface area contributed by atoms with Gasteiger partial charge in [-0.05, 0) is 18.6 Å². The molecule has 0 N–H and O–H groups in total. The Bertz CT molecular complexity index is 357. The van der Waals surface area contributed by atoms with Crippen molar-refractivity contribution in [2.45, 2.75) is 19.8 Å². The first-order valence-electron chi connectivity index (χ1n) is 4.75. The van der Waals surface area contributed by atoms with Crippen molar-refractivity contribution in [1.29, 1.82) is 0 Å². The summed E-state index contributed by atoms with van der Waals surface area (Å²) in [5, 5.41) is 0. The third kappa shape index (κ3) is 13.6. The summed E-state index contributed by atoms with van der Waals surface area (Å²) in [6.45, 7) is 2.99. The van der Waals surface area contributed by atoms with Crippen molar-refractivity contribution in [2.24, 2.45) is 0 Å². The van der Waals surface area contributed by atoms with Crippen molar-refractivity contribution in [3.63, 3.8) is 0 Å². The van der Waals surface area contributed by atoms with Gasteiger partial charge in [0, 0.05) is 21.4 Å². The second-order valence-electron chi connectivity index (χ2n) is 2.89. The van der Waals surface area contributed by atoms with Gasteiger partial charge in [0.2, 0.25) is 0 Å². The summed E-state index contributed by atoms with van der Waals surface area (Å²) in [6, 6.07) is 9.93. The molecule has 92 valence electrons. The van der Waals surface area contributed by atoms with E-state index in [1.165, 1.54) is 6.42 Å². The zero-order chi connectivity index (χ0) is 12.4. The van der Waals surface area contributed by atoms with Crippen molar-refractivity contribution in [1.82, 2.24) is 0 Å². The SMILES string of the molecule is CCCCOc1ccccc1.O=S(=O)(Cl)Cl. The first kappa shape index (κ1) is 15.5. The molecule has 0 aliphatic heterocycles. The van der Waals surface area contributed by atoms with E-state index >= 15 is 0 Å². The Morgan fingerprint density at radius 1 is 1.19 bits per heavy atom. The van der Waals surface area contributed by atoms with E-state index in [0.717, 1.165) is 18.8 Å². The van der Waals surface area contributed by atoms with Crippen molar-refractivity contribution in [2.75, 3.05) is 6.61 Å². The molecule has 0 aliphatic carbocycles. The van der Waals surface area contributed by atoms with Gasteiger partial charge in [0.05, 0.1) is 6.61 Å². The van der Waals surface area contributed by atoms with Gasteiger partial charge in [-0.1, -0.05) is 31.5 Å². The normalized spacial score (nSPS) is 10.2. The van der Waals surface area contributed by atoms with Crippen LogP contribution in [0.3, 0.4) is 0 Å². The maximum Gasteiger partial charge on any atom is 0.317 e. The molecule has 0 radical (unpaired) electrons. The average Bonchev–Trinajstić information content (AvgIpc) is 2.17. The van der Waals surface area contributed by atoms with Crippen LogP contribution in [0.25, 0.3) is 0 Å². The van der Waals surface area contributed by atoms with E-state index in [-0.39, 0.29) is 0 Å². The Kier molecular flexibility index (Phi) is 8.43. The fourth-order valence-electron chi connectivity index (χ4n) is 0.851. The van der Waals surface area contributed by atoms with Gasteiger partial charge in [-0.2, -0.15) is 8.42 Å². The second kappa shape index (κ2) is 8.67. The first-order chi connectivity index (χ1) is 7.43. The molecule has 0 bridgehead atoms. The smallest absolute Gasteiger partial charge is 0.317 e.